The molecule has 0 atom stereocenters. The maximum Gasteiger partial charge on any atom is 0.338 e. The van der Waals surface area contributed by atoms with Gasteiger partial charge in [0.2, 0.25) is 0 Å². The summed E-state index contributed by atoms with van der Waals surface area (Å²) in [6.07, 6.45) is 7.62. The summed E-state index contributed by atoms with van der Waals surface area (Å²) in [4.78, 5) is 10.6. The Hall–Kier alpha value is -1.55. The van der Waals surface area contributed by atoms with Crippen molar-refractivity contribution in [3.63, 3.8) is 0 Å². The first-order valence-corrected chi connectivity index (χ1v) is 4.95. The molecule has 0 unspecified atom stereocenters. The van der Waals surface area contributed by atoms with Gasteiger partial charge in [0.15, 0.2) is 0 Å². The minimum atomic E-state index is -0.951. The molecule has 2 N–H and O–H groups in total. The summed E-state index contributed by atoms with van der Waals surface area (Å²) in [5.41, 5.74) is 0.205. The largest absolute Gasteiger partial charge is 0.478 e. The number of rotatable bonds is 4. The van der Waals surface area contributed by atoms with Crippen molar-refractivity contribution in [1.29, 1.82) is 0 Å². The molecule has 80 valence electrons. The Morgan fingerprint density at radius 1 is 1.53 bits per heavy atom. The maximum atomic E-state index is 10.6. The van der Waals surface area contributed by atoms with E-state index in [1.54, 1.807) is 6.07 Å². The summed E-state index contributed by atoms with van der Waals surface area (Å²) in [7, 11) is 0. The molecule has 0 spiro atoms. The third-order valence-electron chi connectivity index (χ3n) is 2.47. The number of carboxylic acid groups (broad SMARTS) is 1. The van der Waals surface area contributed by atoms with Crippen LogP contribution in [-0.4, -0.2) is 17.1 Å². The molecule has 1 heterocycles. The van der Waals surface area contributed by atoms with Crippen LogP contribution in [0.5, 0.6) is 0 Å². The summed E-state index contributed by atoms with van der Waals surface area (Å²) in [6.45, 7) is 0.583. The molecular formula is C11H13NO3. The first-order valence-electron chi connectivity index (χ1n) is 4.95. The molecule has 1 aliphatic rings. The van der Waals surface area contributed by atoms with Crippen LogP contribution in [0.2, 0.25) is 0 Å². The number of carboxylic acids is 1. The van der Waals surface area contributed by atoms with E-state index in [9.17, 15) is 4.79 Å². The number of aromatic carboxylic acids is 1. The SMILES string of the molecule is O=C(O)c1coc(CNC2CC=CC2)c1. The van der Waals surface area contributed by atoms with Gasteiger partial charge in [-0.2, -0.15) is 0 Å². The molecule has 0 aliphatic heterocycles. The molecule has 0 saturated carbocycles. The van der Waals surface area contributed by atoms with Gasteiger partial charge in [0.25, 0.3) is 0 Å². The highest BCUT2D eigenvalue weighted by Gasteiger charge is 2.11. The van der Waals surface area contributed by atoms with Crippen LogP contribution in [0.15, 0.2) is 28.9 Å². The van der Waals surface area contributed by atoms with Gasteiger partial charge in [-0.05, 0) is 18.9 Å². The van der Waals surface area contributed by atoms with E-state index in [4.69, 9.17) is 9.52 Å². The van der Waals surface area contributed by atoms with Gasteiger partial charge in [0.05, 0.1) is 12.1 Å². The third-order valence-corrected chi connectivity index (χ3v) is 2.47. The lowest BCUT2D eigenvalue weighted by Crippen LogP contribution is -2.25. The van der Waals surface area contributed by atoms with Gasteiger partial charge in [0, 0.05) is 6.04 Å². The predicted octanol–water partition coefficient (Wildman–Crippen LogP) is 1.79. The van der Waals surface area contributed by atoms with Gasteiger partial charge in [-0.15, -0.1) is 0 Å². The lowest BCUT2D eigenvalue weighted by atomic mass is 10.2. The highest BCUT2D eigenvalue weighted by Crippen LogP contribution is 2.12. The Balaban J connectivity index is 1.85. The van der Waals surface area contributed by atoms with Gasteiger partial charge in [0.1, 0.15) is 12.0 Å². The molecule has 4 nitrogen and oxygen atoms in total. The summed E-state index contributed by atoms with van der Waals surface area (Å²) in [6, 6.07) is 2.01. The minimum absolute atomic E-state index is 0.205. The van der Waals surface area contributed by atoms with Crippen LogP contribution in [0, 0.1) is 0 Å². The first-order chi connectivity index (χ1) is 7.25. The molecule has 2 rings (SSSR count). The summed E-state index contributed by atoms with van der Waals surface area (Å²) in [5.74, 6) is -0.285. The van der Waals surface area contributed by atoms with E-state index in [1.807, 2.05) is 0 Å². The van der Waals surface area contributed by atoms with Gasteiger partial charge >= 0.3 is 5.97 Å². The molecule has 0 aromatic carbocycles. The standard InChI is InChI=1S/C11H13NO3/c13-11(14)8-5-10(15-7-8)6-12-9-3-1-2-4-9/h1-2,5,7,9,12H,3-4,6H2,(H,13,14). The molecule has 4 heteroatoms. The smallest absolute Gasteiger partial charge is 0.338 e. The fraction of sp³-hybridized carbons (Fsp3) is 0.364. The highest BCUT2D eigenvalue weighted by molar-refractivity contribution is 5.87. The van der Waals surface area contributed by atoms with Gasteiger partial charge in [-0.25, -0.2) is 4.79 Å². The van der Waals surface area contributed by atoms with Crippen LogP contribution in [-0.2, 0) is 6.54 Å². The zero-order chi connectivity index (χ0) is 10.7. The number of carbonyl (C=O) groups is 1. The summed E-state index contributed by atoms with van der Waals surface area (Å²) < 4.78 is 5.12. The fourth-order valence-corrected chi connectivity index (χ4v) is 1.61. The van der Waals surface area contributed by atoms with E-state index in [0.29, 0.717) is 18.3 Å². The second-order valence-electron chi connectivity index (χ2n) is 3.63. The van der Waals surface area contributed by atoms with Crippen LogP contribution in [0.1, 0.15) is 29.0 Å². The van der Waals surface area contributed by atoms with Crippen LogP contribution >= 0.6 is 0 Å². The Morgan fingerprint density at radius 2 is 2.27 bits per heavy atom. The van der Waals surface area contributed by atoms with E-state index in [1.165, 1.54) is 6.26 Å². The number of furan rings is 1. The van der Waals surface area contributed by atoms with E-state index in [0.717, 1.165) is 12.8 Å². The van der Waals surface area contributed by atoms with Crippen molar-refractivity contribution in [2.24, 2.45) is 0 Å². The van der Waals surface area contributed by atoms with Crippen LogP contribution in [0.4, 0.5) is 0 Å². The van der Waals surface area contributed by atoms with Gasteiger partial charge in [-0.1, -0.05) is 12.2 Å². The lowest BCUT2D eigenvalue weighted by Gasteiger charge is -2.09. The van der Waals surface area contributed by atoms with Crippen molar-refractivity contribution in [3.8, 4) is 0 Å². The fourth-order valence-electron chi connectivity index (χ4n) is 1.61. The molecule has 0 bridgehead atoms. The lowest BCUT2D eigenvalue weighted by molar-refractivity contribution is 0.0696. The molecule has 1 aliphatic carbocycles. The molecule has 0 radical (unpaired) electrons. The van der Waals surface area contributed by atoms with Crippen molar-refractivity contribution < 1.29 is 14.3 Å². The number of hydrogen-bond donors (Lipinski definition) is 2. The van der Waals surface area contributed by atoms with E-state index in [-0.39, 0.29) is 5.56 Å². The minimum Gasteiger partial charge on any atom is -0.478 e. The van der Waals surface area contributed by atoms with E-state index in [2.05, 4.69) is 17.5 Å². The second-order valence-corrected chi connectivity index (χ2v) is 3.63. The normalized spacial score (nSPS) is 16.0. The molecule has 1 aromatic heterocycles. The van der Waals surface area contributed by atoms with Crippen LogP contribution in [0.3, 0.4) is 0 Å². The maximum absolute atomic E-state index is 10.6. The number of hydrogen-bond acceptors (Lipinski definition) is 3. The molecular weight excluding hydrogens is 194 g/mol. The van der Waals surface area contributed by atoms with E-state index < -0.39 is 5.97 Å². The average Bonchev–Trinajstić information content (AvgIpc) is 2.86. The monoisotopic (exact) mass is 207 g/mol. The molecule has 0 fully saturated rings. The number of nitrogens with one attached hydrogen (secondary N) is 1. The Kier molecular flexibility index (Phi) is 2.87. The van der Waals surface area contributed by atoms with Crippen molar-refractivity contribution in [1.82, 2.24) is 5.32 Å². The van der Waals surface area contributed by atoms with Crippen LogP contribution in [0.25, 0.3) is 0 Å². The summed E-state index contributed by atoms with van der Waals surface area (Å²) >= 11 is 0. The topological polar surface area (TPSA) is 62.5 Å². The van der Waals surface area contributed by atoms with Crippen molar-refractivity contribution >= 4 is 5.97 Å². The average molecular weight is 207 g/mol. The zero-order valence-corrected chi connectivity index (χ0v) is 8.27. The van der Waals surface area contributed by atoms with Crippen molar-refractivity contribution in [2.75, 3.05) is 0 Å². The highest BCUT2D eigenvalue weighted by atomic mass is 16.4. The van der Waals surface area contributed by atoms with Gasteiger partial charge < -0.3 is 14.8 Å². The Morgan fingerprint density at radius 3 is 2.87 bits per heavy atom. The summed E-state index contributed by atoms with van der Waals surface area (Å²) in [5, 5.41) is 12.0. The molecule has 1 aromatic rings. The Bertz CT molecular complexity index is 373. The quantitative estimate of drug-likeness (QED) is 0.739. The second kappa shape index (κ2) is 4.31. The first kappa shape index (κ1) is 9.98. The van der Waals surface area contributed by atoms with Crippen LogP contribution < -0.4 is 5.32 Å². The van der Waals surface area contributed by atoms with Crippen molar-refractivity contribution in [2.45, 2.75) is 25.4 Å². The van der Waals surface area contributed by atoms with E-state index >= 15 is 0 Å². The molecule has 15 heavy (non-hydrogen) atoms. The Labute approximate surface area is 87.6 Å². The zero-order valence-electron chi connectivity index (χ0n) is 8.27. The molecule has 0 saturated heterocycles. The molecule has 0 amide bonds. The third kappa shape index (κ3) is 2.47. The van der Waals surface area contributed by atoms with Crippen molar-refractivity contribution in [3.05, 3.63) is 35.8 Å². The van der Waals surface area contributed by atoms with Gasteiger partial charge in [-0.3, -0.25) is 0 Å². The predicted molar refractivity (Wildman–Crippen MR) is 54.7 cm³/mol.